The highest BCUT2D eigenvalue weighted by molar-refractivity contribution is 7.99. The number of rotatable bonds is 3. The fourth-order valence-corrected chi connectivity index (χ4v) is 2.78. The number of aryl methyl sites for hydroxylation is 1. The zero-order valence-electron chi connectivity index (χ0n) is 10.5. The summed E-state index contributed by atoms with van der Waals surface area (Å²) in [5.41, 5.74) is 1.41. The smallest absolute Gasteiger partial charge is 0.238 e. The van der Waals surface area contributed by atoms with Gasteiger partial charge >= 0.3 is 0 Å². The Hall–Kier alpha value is -1.07. The van der Waals surface area contributed by atoms with E-state index in [9.17, 15) is 9.18 Å². The Morgan fingerprint density at radius 2 is 2.39 bits per heavy atom. The molecule has 2 rings (SSSR count). The average molecular weight is 268 g/mol. The van der Waals surface area contributed by atoms with Crippen LogP contribution in [0.4, 0.5) is 4.39 Å². The first-order valence-electron chi connectivity index (χ1n) is 5.95. The molecule has 1 aliphatic heterocycles. The van der Waals surface area contributed by atoms with E-state index in [4.69, 9.17) is 0 Å². The van der Waals surface area contributed by atoms with Crippen LogP contribution < -0.4 is 10.6 Å². The van der Waals surface area contributed by atoms with E-state index in [1.807, 2.05) is 13.0 Å². The summed E-state index contributed by atoms with van der Waals surface area (Å²) >= 11 is 1.71. The van der Waals surface area contributed by atoms with Crippen LogP contribution >= 0.6 is 11.8 Å². The summed E-state index contributed by atoms with van der Waals surface area (Å²) in [6, 6.07) is 4.75. The first-order chi connectivity index (χ1) is 8.58. The fourth-order valence-electron chi connectivity index (χ4n) is 1.84. The number of hydrogen-bond donors (Lipinski definition) is 2. The van der Waals surface area contributed by atoms with E-state index in [0.717, 1.165) is 17.2 Å². The Morgan fingerprint density at radius 1 is 1.61 bits per heavy atom. The molecular weight excluding hydrogens is 251 g/mol. The molecule has 1 amide bonds. The molecule has 98 valence electrons. The molecular formula is C13H17FN2OS. The molecule has 3 nitrogen and oxygen atoms in total. The number of benzene rings is 1. The second kappa shape index (κ2) is 5.71. The monoisotopic (exact) mass is 268 g/mol. The zero-order valence-corrected chi connectivity index (χ0v) is 11.3. The molecule has 0 unspecified atom stereocenters. The first-order valence-corrected chi connectivity index (χ1v) is 7.11. The van der Waals surface area contributed by atoms with Crippen molar-refractivity contribution >= 4 is 17.7 Å². The molecule has 18 heavy (non-hydrogen) atoms. The number of carbonyl (C=O) groups excluding carboxylic acids is 1. The molecule has 1 fully saturated rings. The van der Waals surface area contributed by atoms with Crippen LogP contribution in [0.25, 0.3) is 0 Å². The minimum Gasteiger partial charge on any atom is -0.348 e. The van der Waals surface area contributed by atoms with Gasteiger partial charge in [0.25, 0.3) is 0 Å². The van der Waals surface area contributed by atoms with Crippen LogP contribution in [-0.2, 0) is 4.79 Å². The lowest BCUT2D eigenvalue weighted by molar-refractivity contribution is -0.123. The number of hydrogen-bond acceptors (Lipinski definition) is 3. The third kappa shape index (κ3) is 3.03. The maximum atomic E-state index is 13.4. The van der Waals surface area contributed by atoms with E-state index in [-0.39, 0.29) is 23.8 Å². The Labute approximate surface area is 111 Å². The van der Waals surface area contributed by atoms with Crippen LogP contribution in [0.2, 0.25) is 0 Å². The summed E-state index contributed by atoms with van der Waals surface area (Å²) in [6.07, 6.45) is 0. The van der Waals surface area contributed by atoms with Crippen LogP contribution in [0.1, 0.15) is 24.1 Å². The molecule has 1 aromatic carbocycles. The summed E-state index contributed by atoms with van der Waals surface area (Å²) in [5.74, 6) is 1.35. The van der Waals surface area contributed by atoms with Crippen molar-refractivity contribution in [2.75, 3.05) is 11.6 Å². The molecule has 2 atom stereocenters. The van der Waals surface area contributed by atoms with Crippen LogP contribution in [0.3, 0.4) is 0 Å². The van der Waals surface area contributed by atoms with Crippen molar-refractivity contribution in [1.82, 2.24) is 10.6 Å². The fraction of sp³-hybridized carbons (Fsp3) is 0.462. The standard InChI is InChI=1S/C13H17FN2OS/c1-8-3-4-10(5-11(8)14)9(2)16-13(17)12-6-18-7-15-12/h3-5,9,12,15H,6-7H2,1-2H3,(H,16,17)/t9-,12-/m0/s1. The third-order valence-electron chi connectivity index (χ3n) is 3.09. The summed E-state index contributed by atoms with van der Waals surface area (Å²) in [7, 11) is 0. The highest BCUT2D eigenvalue weighted by Crippen LogP contribution is 2.17. The van der Waals surface area contributed by atoms with Gasteiger partial charge in [-0.15, -0.1) is 11.8 Å². The lowest BCUT2D eigenvalue weighted by Gasteiger charge is -2.17. The molecule has 0 radical (unpaired) electrons. The van der Waals surface area contributed by atoms with Crippen molar-refractivity contribution in [3.8, 4) is 0 Å². The maximum Gasteiger partial charge on any atom is 0.238 e. The van der Waals surface area contributed by atoms with E-state index >= 15 is 0 Å². The molecule has 0 spiro atoms. The molecule has 0 aliphatic carbocycles. The molecule has 1 saturated heterocycles. The number of halogens is 1. The Kier molecular flexibility index (Phi) is 4.24. The van der Waals surface area contributed by atoms with Crippen molar-refractivity contribution in [3.63, 3.8) is 0 Å². The number of amides is 1. The molecule has 0 aromatic heterocycles. The third-order valence-corrected chi connectivity index (χ3v) is 4.03. The topological polar surface area (TPSA) is 41.1 Å². The summed E-state index contributed by atoms with van der Waals surface area (Å²) in [4.78, 5) is 11.9. The minimum absolute atomic E-state index is 0.0199. The molecule has 1 aromatic rings. The van der Waals surface area contributed by atoms with Crippen LogP contribution in [-0.4, -0.2) is 23.6 Å². The minimum atomic E-state index is -0.233. The molecule has 0 bridgehead atoms. The highest BCUT2D eigenvalue weighted by atomic mass is 32.2. The van der Waals surface area contributed by atoms with Gasteiger partial charge in [-0.2, -0.15) is 0 Å². The van der Waals surface area contributed by atoms with Gasteiger partial charge in [-0.05, 0) is 31.0 Å². The molecule has 5 heteroatoms. The van der Waals surface area contributed by atoms with Crippen LogP contribution in [0.15, 0.2) is 18.2 Å². The van der Waals surface area contributed by atoms with Gasteiger partial charge in [-0.3, -0.25) is 10.1 Å². The SMILES string of the molecule is Cc1ccc([C@H](C)NC(=O)[C@@H]2CSCN2)cc1F. The number of nitrogens with one attached hydrogen (secondary N) is 2. The van der Waals surface area contributed by atoms with Gasteiger partial charge in [0.2, 0.25) is 5.91 Å². The van der Waals surface area contributed by atoms with Gasteiger partial charge in [-0.1, -0.05) is 12.1 Å². The number of thioether (sulfide) groups is 1. The summed E-state index contributed by atoms with van der Waals surface area (Å²) in [6.45, 7) is 3.59. The number of carbonyl (C=O) groups is 1. The van der Waals surface area contributed by atoms with Gasteiger partial charge in [0.15, 0.2) is 0 Å². The Morgan fingerprint density at radius 3 is 3.00 bits per heavy atom. The quantitative estimate of drug-likeness (QED) is 0.880. The Bertz CT molecular complexity index is 447. The maximum absolute atomic E-state index is 13.4. The lowest BCUT2D eigenvalue weighted by Crippen LogP contribution is -2.42. The molecule has 1 heterocycles. The second-order valence-electron chi connectivity index (χ2n) is 4.51. The van der Waals surface area contributed by atoms with E-state index in [2.05, 4.69) is 10.6 Å². The van der Waals surface area contributed by atoms with Crippen molar-refractivity contribution in [2.24, 2.45) is 0 Å². The first kappa shape index (κ1) is 13.4. The van der Waals surface area contributed by atoms with E-state index < -0.39 is 0 Å². The highest BCUT2D eigenvalue weighted by Gasteiger charge is 2.23. The van der Waals surface area contributed by atoms with E-state index in [0.29, 0.717) is 5.56 Å². The van der Waals surface area contributed by atoms with Crippen molar-refractivity contribution in [2.45, 2.75) is 25.9 Å². The predicted molar refractivity (Wildman–Crippen MR) is 71.9 cm³/mol. The van der Waals surface area contributed by atoms with E-state index in [1.54, 1.807) is 24.8 Å². The second-order valence-corrected chi connectivity index (χ2v) is 5.54. The summed E-state index contributed by atoms with van der Waals surface area (Å²) in [5, 5.41) is 6.01. The Balaban J connectivity index is 2.00. The normalized spacial score (nSPS) is 20.7. The van der Waals surface area contributed by atoms with Gasteiger partial charge in [0.05, 0.1) is 12.1 Å². The van der Waals surface area contributed by atoms with E-state index in [1.165, 1.54) is 6.07 Å². The predicted octanol–water partition coefficient (Wildman–Crippen LogP) is 1.97. The van der Waals surface area contributed by atoms with Crippen molar-refractivity contribution in [3.05, 3.63) is 35.1 Å². The molecule has 1 aliphatic rings. The zero-order chi connectivity index (χ0) is 13.1. The van der Waals surface area contributed by atoms with Crippen LogP contribution in [0.5, 0.6) is 0 Å². The molecule has 2 N–H and O–H groups in total. The van der Waals surface area contributed by atoms with Gasteiger partial charge in [0.1, 0.15) is 5.82 Å². The van der Waals surface area contributed by atoms with Gasteiger partial charge < -0.3 is 5.32 Å². The van der Waals surface area contributed by atoms with Gasteiger partial charge in [-0.25, -0.2) is 4.39 Å². The summed E-state index contributed by atoms with van der Waals surface area (Å²) < 4.78 is 13.4. The van der Waals surface area contributed by atoms with Crippen molar-refractivity contribution in [1.29, 1.82) is 0 Å². The van der Waals surface area contributed by atoms with Gasteiger partial charge in [0, 0.05) is 11.6 Å². The van der Waals surface area contributed by atoms with Crippen LogP contribution in [0, 0.1) is 12.7 Å². The average Bonchev–Trinajstić information content (AvgIpc) is 2.86. The molecule has 0 saturated carbocycles. The lowest BCUT2D eigenvalue weighted by atomic mass is 10.1. The largest absolute Gasteiger partial charge is 0.348 e. The van der Waals surface area contributed by atoms with Crippen molar-refractivity contribution < 1.29 is 9.18 Å².